The van der Waals surface area contributed by atoms with Crippen molar-refractivity contribution in [1.82, 2.24) is 0 Å². The third kappa shape index (κ3) is 1.43. The molecule has 0 aromatic heterocycles. The summed E-state index contributed by atoms with van der Waals surface area (Å²) in [6.07, 6.45) is 0. The molecular formula is C12H9O6+. The minimum absolute atomic E-state index is 0.0937. The molecule has 3 rings (SSSR count). The summed E-state index contributed by atoms with van der Waals surface area (Å²) in [5.74, 6) is -0.0466. The summed E-state index contributed by atoms with van der Waals surface area (Å²) in [5, 5.41) is 35.6. The number of aromatic hydroxyl groups is 3. The molecule has 0 saturated carbocycles. The predicted molar refractivity (Wildman–Crippen MR) is 61.1 cm³/mol. The van der Waals surface area contributed by atoms with E-state index in [0.29, 0.717) is 0 Å². The molecule has 0 fully saturated rings. The van der Waals surface area contributed by atoms with Crippen molar-refractivity contribution in [3.8, 4) is 46.0 Å². The Bertz CT molecular complexity index is 538. The van der Waals surface area contributed by atoms with E-state index in [9.17, 15) is 15.3 Å². The van der Waals surface area contributed by atoms with E-state index in [1.165, 1.54) is 24.3 Å². The van der Waals surface area contributed by atoms with E-state index in [0.717, 1.165) is 0 Å². The summed E-state index contributed by atoms with van der Waals surface area (Å²) in [4.78, 5) is 0. The Hall–Kier alpha value is -2.76. The molecule has 18 heavy (non-hydrogen) atoms. The molecule has 0 amide bonds. The molecule has 0 unspecified atom stereocenters. The number of rotatable bonds is 0. The zero-order valence-corrected chi connectivity index (χ0v) is 8.97. The standard InChI is InChI=1S/C12H8O6/c13-5-1-9-10(2-6(5)14)18-12-4-8(16)7(15)3-11(12)17-9/h1-4,13-16H/p+1. The first kappa shape index (κ1) is 10.4. The first-order valence-electron chi connectivity index (χ1n) is 5.05. The second kappa shape index (κ2) is 3.36. The minimum atomic E-state index is -0.331. The van der Waals surface area contributed by atoms with E-state index in [2.05, 4.69) is 0 Å². The van der Waals surface area contributed by atoms with E-state index in [4.69, 9.17) is 14.6 Å². The fourth-order valence-corrected chi connectivity index (χ4v) is 1.64. The first-order chi connectivity index (χ1) is 8.54. The zero-order chi connectivity index (χ0) is 12.9. The van der Waals surface area contributed by atoms with E-state index in [1.54, 1.807) is 0 Å². The first-order valence-corrected chi connectivity index (χ1v) is 5.05. The molecule has 0 atom stereocenters. The molecule has 92 valence electrons. The molecule has 1 aliphatic rings. The third-order valence-corrected chi connectivity index (χ3v) is 2.54. The lowest BCUT2D eigenvalue weighted by molar-refractivity contribution is 0.337. The van der Waals surface area contributed by atoms with Gasteiger partial charge in [0.15, 0.2) is 34.5 Å². The van der Waals surface area contributed by atoms with E-state index < -0.39 is 0 Å². The molecular weight excluding hydrogens is 240 g/mol. The van der Waals surface area contributed by atoms with Crippen LogP contribution in [-0.4, -0.2) is 20.4 Å². The number of hydrogen-bond acceptors (Lipinski definition) is 5. The number of hydrogen-bond donors (Lipinski definition) is 3. The SMILES string of the molecule is Oc1cc2c(cc1O)Oc1cc([OH2+])c(O)cc1O2. The predicted octanol–water partition coefficient (Wildman–Crippen LogP) is 2.14. The van der Waals surface area contributed by atoms with Crippen molar-refractivity contribution in [3.63, 3.8) is 0 Å². The fourth-order valence-electron chi connectivity index (χ4n) is 1.64. The number of benzene rings is 2. The van der Waals surface area contributed by atoms with Crippen molar-refractivity contribution < 1.29 is 29.9 Å². The van der Waals surface area contributed by atoms with Crippen LogP contribution in [0, 0.1) is 0 Å². The van der Waals surface area contributed by atoms with Crippen LogP contribution in [0.25, 0.3) is 0 Å². The van der Waals surface area contributed by atoms with Crippen LogP contribution < -0.4 is 9.47 Å². The van der Waals surface area contributed by atoms with Gasteiger partial charge < -0.3 is 29.9 Å². The Kier molecular flexibility index (Phi) is 1.94. The van der Waals surface area contributed by atoms with Crippen LogP contribution in [0.1, 0.15) is 0 Å². The summed E-state index contributed by atoms with van der Waals surface area (Å²) in [7, 11) is 0. The molecule has 6 nitrogen and oxygen atoms in total. The maximum atomic E-state index is 9.41. The third-order valence-electron chi connectivity index (χ3n) is 2.54. The van der Waals surface area contributed by atoms with Gasteiger partial charge in [-0.1, -0.05) is 0 Å². The van der Waals surface area contributed by atoms with Gasteiger partial charge in [-0.25, -0.2) is 0 Å². The van der Waals surface area contributed by atoms with E-state index >= 15 is 0 Å². The van der Waals surface area contributed by atoms with Crippen LogP contribution in [0.4, 0.5) is 0 Å². The molecule has 2 aromatic rings. The van der Waals surface area contributed by atoms with Gasteiger partial charge in [-0.3, -0.25) is 0 Å². The van der Waals surface area contributed by atoms with Gasteiger partial charge in [0.1, 0.15) is 0 Å². The lowest BCUT2D eigenvalue weighted by atomic mass is 10.2. The Morgan fingerprint density at radius 2 is 1.06 bits per heavy atom. The van der Waals surface area contributed by atoms with E-state index in [1.807, 2.05) is 0 Å². The van der Waals surface area contributed by atoms with Crippen LogP contribution >= 0.6 is 0 Å². The lowest BCUT2D eigenvalue weighted by Crippen LogP contribution is -1.98. The summed E-state index contributed by atoms with van der Waals surface area (Å²) in [5.41, 5.74) is 0. The highest BCUT2D eigenvalue weighted by atomic mass is 16.6. The average Bonchev–Trinajstić information content (AvgIpc) is 2.31. The summed E-state index contributed by atoms with van der Waals surface area (Å²) in [6, 6.07) is 4.98. The van der Waals surface area contributed by atoms with Gasteiger partial charge >= 0.3 is 5.75 Å². The van der Waals surface area contributed by atoms with Crippen LogP contribution in [-0.2, 0) is 0 Å². The van der Waals surface area contributed by atoms with Crippen LogP contribution in [0.3, 0.4) is 0 Å². The topological polar surface area (TPSA) is 102 Å². The summed E-state index contributed by atoms with van der Waals surface area (Å²) in [6.45, 7) is 0. The molecule has 5 N–H and O–H groups in total. The maximum Gasteiger partial charge on any atom is 0.300 e. The van der Waals surface area contributed by atoms with Gasteiger partial charge in [-0.05, 0) is 0 Å². The second-order valence-corrected chi connectivity index (χ2v) is 3.81. The molecule has 6 heteroatoms. The number of phenolic OH excluding ortho intramolecular Hbond substituents is 3. The van der Waals surface area contributed by atoms with Gasteiger partial charge in [-0.2, -0.15) is 0 Å². The average molecular weight is 249 g/mol. The van der Waals surface area contributed by atoms with Crippen molar-refractivity contribution >= 4 is 0 Å². The van der Waals surface area contributed by atoms with Crippen molar-refractivity contribution in [2.75, 3.05) is 0 Å². The quantitative estimate of drug-likeness (QED) is 0.418. The van der Waals surface area contributed by atoms with Gasteiger partial charge in [-0.15, -0.1) is 0 Å². The molecule has 2 aromatic carbocycles. The largest absolute Gasteiger partial charge is 0.591 e. The highest BCUT2D eigenvalue weighted by Crippen LogP contribution is 2.51. The van der Waals surface area contributed by atoms with Gasteiger partial charge in [0.2, 0.25) is 5.75 Å². The van der Waals surface area contributed by atoms with Gasteiger partial charge in [0.25, 0.3) is 0 Å². The molecule has 0 bridgehead atoms. The molecule has 1 aliphatic heterocycles. The Morgan fingerprint density at radius 3 is 1.56 bits per heavy atom. The molecule has 0 spiro atoms. The Labute approximate surface area is 101 Å². The van der Waals surface area contributed by atoms with Crippen molar-refractivity contribution in [2.45, 2.75) is 0 Å². The lowest BCUT2D eigenvalue weighted by Gasteiger charge is -2.20. The van der Waals surface area contributed by atoms with Crippen LogP contribution in [0.2, 0.25) is 0 Å². The highest BCUT2D eigenvalue weighted by Gasteiger charge is 2.24. The van der Waals surface area contributed by atoms with Crippen molar-refractivity contribution in [2.24, 2.45) is 0 Å². The molecule has 0 saturated heterocycles. The molecule has 0 aliphatic carbocycles. The Morgan fingerprint density at radius 1 is 0.667 bits per heavy atom. The Balaban J connectivity index is 2.12. The minimum Gasteiger partial charge on any atom is -0.591 e. The van der Waals surface area contributed by atoms with Crippen molar-refractivity contribution in [3.05, 3.63) is 24.3 Å². The summed E-state index contributed by atoms with van der Waals surface area (Å²) >= 11 is 0. The smallest absolute Gasteiger partial charge is 0.300 e. The maximum absolute atomic E-state index is 9.41. The number of phenols is 3. The fraction of sp³-hybridized carbons (Fsp3) is 0. The monoisotopic (exact) mass is 249 g/mol. The molecule has 0 radical (unpaired) electrons. The van der Waals surface area contributed by atoms with E-state index in [-0.39, 0.29) is 46.0 Å². The zero-order valence-electron chi connectivity index (χ0n) is 8.97. The van der Waals surface area contributed by atoms with Gasteiger partial charge in [0.05, 0.1) is 6.07 Å². The highest BCUT2D eigenvalue weighted by molar-refractivity contribution is 5.62. The molecule has 1 heterocycles. The van der Waals surface area contributed by atoms with Crippen LogP contribution in [0.15, 0.2) is 24.3 Å². The second-order valence-electron chi connectivity index (χ2n) is 3.81. The van der Waals surface area contributed by atoms with Crippen LogP contribution in [0.5, 0.6) is 46.0 Å². The number of fused-ring (bicyclic) bond motifs is 2. The van der Waals surface area contributed by atoms with Gasteiger partial charge in [0, 0.05) is 18.2 Å². The summed E-state index contributed by atoms with van der Waals surface area (Å²) < 4.78 is 10.8. The van der Waals surface area contributed by atoms with Crippen molar-refractivity contribution in [1.29, 1.82) is 0 Å². The normalized spacial score (nSPS) is 12.0. The number of ether oxygens (including phenoxy) is 2.